The van der Waals surface area contributed by atoms with Crippen LogP contribution in [0.2, 0.25) is 0 Å². The van der Waals surface area contributed by atoms with Gasteiger partial charge in [-0.05, 0) is 61.0 Å². The summed E-state index contributed by atoms with van der Waals surface area (Å²) < 4.78 is 40.2. The zero-order chi connectivity index (χ0) is 30.2. The molecule has 0 aliphatic rings. The molecule has 6 rings (SSSR count). The lowest BCUT2D eigenvalue weighted by Gasteiger charge is -2.12. The number of benzene rings is 2. The molecule has 2 aromatic carbocycles. The summed E-state index contributed by atoms with van der Waals surface area (Å²) in [6.07, 6.45) is 7.79. The van der Waals surface area contributed by atoms with Crippen LogP contribution < -0.4 is 16.0 Å². The molecule has 0 radical (unpaired) electrons. The van der Waals surface area contributed by atoms with Gasteiger partial charge in [0, 0.05) is 44.2 Å². The fraction of sp³-hybridized carbons (Fsp3) is 0.129. The lowest BCUT2D eigenvalue weighted by atomic mass is 10.0. The number of ketones is 1. The van der Waals surface area contributed by atoms with Crippen LogP contribution in [-0.4, -0.2) is 34.1 Å². The standard InChI is InChI=1S/C31H24F2N6O4/c1-3-37-16-23(30(41)39(31(37)42)22-7-5-21(32)6-8-22)27(40)13-19-4-9-28(24(33)12-19)43-29-14-20(25-17-36(2)18-34-25)15-38-26(29)10-11-35-38/h4-12,14-18H,3,13H2,1-2H3. The van der Waals surface area contributed by atoms with Crippen molar-refractivity contribution in [2.24, 2.45) is 7.05 Å². The number of nitrogens with zero attached hydrogens (tertiary/aromatic N) is 6. The van der Waals surface area contributed by atoms with Crippen LogP contribution in [0.5, 0.6) is 11.5 Å². The van der Waals surface area contributed by atoms with E-state index in [9.17, 15) is 18.8 Å². The molecule has 10 nitrogen and oxygen atoms in total. The first-order chi connectivity index (χ1) is 20.7. The smallest absolute Gasteiger partial charge is 0.335 e. The molecule has 0 aliphatic heterocycles. The number of rotatable bonds is 8. The Bertz CT molecular complexity index is 2130. The number of Topliss-reactive ketones (excluding diaryl/α,β-unsaturated/α-hetero) is 1. The first kappa shape index (κ1) is 27.5. The molecule has 0 spiro atoms. The Morgan fingerprint density at radius 3 is 2.44 bits per heavy atom. The van der Waals surface area contributed by atoms with Gasteiger partial charge in [0.2, 0.25) is 0 Å². The molecule has 0 atom stereocenters. The molecule has 0 bridgehead atoms. The summed E-state index contributed by atoms with van der Waals surface area (Å²) >= 11 is 0. The Balaban J connectivity index is 1.29. The second-order valence-electron chi connectivity index (χ2n) is 9.87. The van der Waals surface area contributed by atoms with Gasteiger partial charge in [0.1, 0.15) is 16.9 Å². The largest absolute Gasteiger partial charge is 0.452 e. The first-order valence-corrected chi connectivity index (χ1v) is 13.3. The fourth-order valence-corrected chi connectivity index (χ4v) is 4.75. The van der Waals surface area contributed by atoms with Gasteiger partial charge in [-0.15, -0.1) is 0 Å². The van der Waals surface area contributed by atoms with E-state index >= 15 is 4.39 Å². The minimum atomic E-state index is -0.843. The van der Waals surface area contributed by atoms with Crippen molar-refractivity contribution in [3.8, 4) is 28.4 Å². The molecule has 4 aromatic heterocycles. The van der Waals surface area contributed by atoms with E-state index in [0.717, 1.165) is 22.8 Å². The third kappa shape index (κ3) is 5.25. The molecule has 6 aromatic rings. The maximum Gasteiger partial charge on any atom is 0.335 e. The van der Waals surface area contributed by atoms with Gasteiger partial charge < -0.3 is 9.30 Å². The Hall–Kier alpha value is -5.65. The number of ether oxygens (including phenoxy) is 1. The van der Waals surface area contributed by atoms with Crippen LogP contribution >= 0.6 is 0 Å². The van der Waals surface area contributed by atoms with Crippen molar-refractivity contribution < 1.29 is 18.3 Å². The number of pyridine rings is 1. The lowest BCUT2D eigenvalue weighted by molar-refractivity contribution is 0.0990. The highest BCUT2D eigenvalue weighted by Gasteiger charge is 2.20. The Morgan fingerprint density at radius 2 is 1.74 bits per heavy atom. The van der Waals surface area contributed by atoms with Crippen LogP contribution in [0.1, 0.15) is 22.8 Å². The highest BCUT2D eigenvalue weighted by molar-refractivity contribution is 5.97. The topological polar surface area (TPSA) is 105 Å². The monoisotopic (exact) mass is 582 g/mol. The molecule has 0 fully saturated rings. The van der Waals surface area contributed by atoms with E-state index in [1.807, 2.05) is 13.2 Å². The van der Waals surface area contributed by atoms with E-state index in [2.05, 4.69) is 10.1 Å². The van der Waals surface area contributed by atoms with Gasteiger partial charge >= 0.3 is 5.69 Å². The van der Waals surface area contributed by atoms with Crippen LogP contribution in [0.3, 0.4) is 0 Å². The Labute approximate surface area is 242 Å². The third-order valence-corrected chi connectivity index (χ3v) is 6.93. The van der Waals surface area contributed by atoms with Gasteiger partial charge in [-0.2, -0.15) is 5.10 Å². The van der Waals surface area contributed by atoms with E-state index < -0.39 is 28.7 Å². The van der Waals surface area contributed by atoms with E-state index in [0.29, 0.717) is 28.1 Å². The van der Waals surface area contributed by atoms with E-state index in [4.69, 9.17) is 4.74 Å². The summed E-state index contributed by atoms with van der Waals surface area (Å²) in [6.45, 7) is 1.88. The van der Waals surface area contributed by atoms with Crippen LogP contribution in [0.15, 0.2) is 95.3 Å². The fourth-order valence-electron chi connectivity index (χ4n) is 4.75. The molecule has 0 saturated heterocycles. The zero-order valence-corrected chi connectivity index (χ0v) is 23.1. The summed E-state index contributed by atoms with van der Waals surface area (Å²) in [6, 6.07) is 12.4. The molecule has 0 unspecified atom stereocenters. The van der Waals surface area contributed by atoms with Crippen LogP contribution in [-0.2, 0) is 20.0 Å². The Kier molecular flexibility index (Phi) is 7.02. The first-order valence-electron chi connectivity index (χ1n) is 13.3. The molecule has 0 amide bonds. The molecular formula is C31H24F2N6O4. The zero-order valence-electron chi connectivity index (χ0n) is 23.1. The van der Waals surface area contributed by atoms with Gasteiger partial charge in [-0.1, -0.05) is 6.07 Å². The van der Waals surface area contributed by atoms with Gasteiger partial charge in [-0.25, -0.2) is 27.6 Å². The predicted molar refractivity (Wildman–Crippen MR) is 154 cm³/mol. The summed E-state index contributed by atoms with van der Waals surface area (Å²) in [5.41, 5.74) is 0.685. The van der Waals surface area contributed by atoms with E-state index in [-0.39, 0.29) is 30.0 Å². The number of hydrogen-bond acceptors (Lipinski definition) is 6. The molecule has 216 valence electrons. The number of halogens is 2. The minimum absolute atomic E-state index is 0.0735. The summed E-state index contributed by atoms with van der Waals surface area (Å²) in [5, 5.41) is 4.27. The average molecular weight is 583 g/mol. The van der Waals surface area contributed by atoms with Crippen molar-refractivity contribution in [1.82, 2.24) is 28.3 Å². The third-order valence-electron chi connectivity index (χ3n) is 6.93. The van der Waals surface area contributed by atoms with Gasteiger partial charge in [0.05, 0.1) is 23.9 Å². The highest BCUT2D eigenvalue weighted by Crippen LogP contribution is 2.32. The number of imidazole rings is 1. The number of carbonyl (C=O) groups excluding carboxylic acids is 1. The molecule has 12 heteroatoms. The quantitative estimate of drug-likeness (QED) is 0.244. The van der Waals surface area contributed by atoms with Crippen molar-refractivity contribution in [1.29, 1.82) is 0 Å². The Morgan fingerprint density at radius 1 is 0.953 bits per heavy atom. The van der Waals surface area contributed by atoms with Crippen molar-refractivity contribution >= 4 is 11.3 Å². The second-order valence-corrected chi connectivity index (χ2v) is 9.87. The van der Waals surface area contributed by atoms with Crippen molar-refractivity contribution in [3.05, 3.63) is 129 Å². The second kappa shape index (κ2) is 11.0. The number of aryl methyl sites for hydroxylation is 2. The van der Waals surface area contributed by atoms with E-state index in [1.54, 1.807) is 46.9 Å². The molecule has 4 heterocycles. The summed E-state index contributed by atoms with van der Waals surface area (Å²) in [7, 11) is 1.85. The van der Waals surface area contributed by atoms with E-state index in [1.165, 1.54) is 35.0 Å². The van der Waals surface area contributed by atoms with Crippen molar-refractivity contribution in [2.75, 3.05) is 0 Å². The lowest BCUT2D eigenvalue weighted by Crippen LogP contribution is -2.41. The minimum Gasteiger partial charge on any atom is -0.452 e. The van der Waals surface area contributed by atoms with Crippen molar-refractivity contribution in [3.63, 3.8) is 0 Å². The van der Waals surface area contributed by atoms with Crippen molar-refractivity contribution in [2.45, 2.75) is 19.9 Å². The molecular weight excluding hydrogens is 558 g/mol. The molecule has 0 N–H and O–H groups in total. The van der Waals surface area contributed by atoms with Gasteiger partial charge in [-0.3, -0.25) is 14.2 Å². The average Bonchev–Trinajstić information content (AvgIpc) is 3.65. The molecule has 43 heavy (non-hydrogen) atoms. The normalized spacial score (nSPS) is 11.3. The van der Waals surface area contributed by atoms with Gasteiger partial charge in [0.15, 0.2) is 23.1 Å². The predicted octanol–water partition coefficient (Wildman–Crippen LogP) is 4.56. The number of carbonyl (C=O) groups is 1. The SMILES string of the molecule is CCn1cc(C(=O)Cc2ccc(Oc3cc(-c4cn(C)cn4)cn4nccc34)c(F)c2)c(=O)n(-c2ccc(F)cc2)c1=O. The van der Waals surface area contributed by atoms with Crippen LogP contribution in [0.25, 0.3) is 22.5 Å². The number of aromatic nitrogens is 6. The molecule has 0 saturated carbocycles. The van der Waals surface area contributed by atoms with Crippen LogP contribution in [0, 0.1) is 11.6 Å². The maximum atomic E-state index is 15.3. The summed E-state index contributed by atoms with van der Waals surface area (Å²) in [4.78, 5) is 43.8. The van der Waals surface area contributed by atoms with Gasteiger partial charge in [0.25, 0.3) is 5.56 Å². The maximum absolute atomic E-state index is 15.3. The molecule has 0 aliphatic carbocycles. The summed E-state index contributed by atoms with van der Waals surface area (Å²) in [5.74, 6) is -1.58. The number of hydrogen-bond donors (Lipinski definition) is 0. The van der Waals surface area contributed by atoms with Crippen LogP contribution in [0.4, 0.5) is 8.78 Å². The number of fused-ring (bicyclic) bond motifs is 1. The highest BCUT2D eigenvalue weighted by atomic mass is 19.1.